The predicted octanol–water partition coefficient (Wildman–Crippen LogP) is 1.40. The Morgan fingerprint density at radius 3 is 3.00 bits per heavy atom. The zero-order chi connectivity index (χ0) is 11.8. The van der Waals surface area contributed by atoms with Crippen LogP contribution >= 0.6 is 11.8 Å². The molecule has 2 aliphatic heterocycles. The Morgan fingerprint density at radius 2 is 2.24 bits per heavy atom. The normalized spacial score (nSPS) is 22.5. The first kappa shape index (κ1) is 10.7. The molecule has 0 bridgehead atoms. The molecule has 0 saturated carbocycles. The lowest BCUT2D eigenvalue weighted by Crippen LogP contribution is -2.45. The first-order chi connectivity index (χ1) is 8.25. The molecule has 1 N–H and O–H groups in total. The molecule has 1 atom stereocenters. The van der Waals surface area contributed by atoms with Gasteiger partial charge < -0.3 is 10.2 Å². The topological polar surface area (TPSA) is 49.4 Å². The Kier molecular flexibility index (Phi) is 2.55. The third-order valence-electron chi connectivity index (χ3n) is 3.12. The van der Waals surface area contributed by atoms with Crippen molar-refractivity contribution in [1.82, 2.24) is 5.32 Å². The molecule has 2 amide bonds. The van der Waals surface area contributed by atoms with Crippen LogP contribution in [0, 0.1) is 0 Å². The molecule has 2 aliphatic rings. The predicted molar refractivity (Wildman–Crippen MR) is 67.3 cm³/mol. The molecular formula is C12H12N2O2S. The SMILES string of the molecule is O=C1NC(C(=O)N2CCc3ccccc32)CS1. The van der Waals surface area contributed by atoms with E-state index < -0.39 is 0 Å². The minimum Gasteiger partial charge on any atom is -0.334 e. The minimum atomic E-state index is -0.362. The van der Waals surface area contributed by atoms with Crippen LogP contribution in [0.1, 0.15) is 5.56 Å². The van der Waals surface area contributed by atoms with Crippen LogP contribution in [-0.2, 0) is 11.2 Å². The summed E-state index contributed by atoms with van der Waals surface area (Å²) in [4.78, 5) is 25.1. The van der Waals surface area contributed by atoms with Gasteiger partial charge in [0.25, 0.3) is 5.24 Å². The van der Waals surface area contributed by atoms with Crippen LogP contribution in [0.4, 0.5) is 10.5 Å². The number of nitrogens with zero attached hydrogens (tertiary/aromatic N) is 1. The number of fused-ring (bicyclic) bond motifs is 1. The molecule has 1 saturated heterocycles. The van der Waals surface area contributed by atoms with Gasteiger partial charge >= 0.3 is 0 Å². The summed E-state index contributed by atoms with van der Waals surface area (Å²) in [7, 11) is 0. The summed E-state index contributed by atoms with van der Waals surface area (Å²) in [5.74, 6) is 0.546. The Balaban J connectivity index is 1.82. The smallest absolute Gasteiger partial charge is 0.279 e. The van der Waals surface area contributed by atoms with Crippen LogP contribution in [0.15, 0.2) is 24.3 Å². The van der Waals surface area contributed by atoms with Crippen LogP contribution in [0.25, 0.3) is 0 Å². The Labute approximate surface area is 103 Å². The first-order valence-electron chi connectivity index (χ1n) is 5.58. The number of rotatable bonds is 1. The molecule has 0 radical (unpaired) electrons. The summed E-state index contributed by atoms with van der Waals surface area (Å²) in [5.41, 5.74) is 2.20. The quantitative estimate of drug-likeness (QED) is 0.817. The molecule has 2 heterocycles. The number of para-hydroxylation sites is 1. The highest BCUT2D eigenvalue weighted by atomic mass is 32.2. The van der Waals surface area contributed by atoms with Crippen LogP contribution in [0.2, 0.25) is 0 Å². The molecule has 4 nitrogen and oxygen atoms in total. The number of thioether (sulfide) groups is 1. The van der Waals surface area contributed by atoms with Gasteiger partial charge in [-0.25, -0.2) is 0 Å². The summed E-state index contributed by atoms with van der Waals surface area (Å²) in [6, 6.07) is 7.57. The Bertz CT molecular complexity index is 489. The molecule has 1 aromatic carbocycles. The van der Waals surface area contributed by atoms with Crippen LogP contribution in [-0.4, -0.2) is 29.5 Å². The zero-order valence-corrected chi connectivity index (χ0v) is 10.00. The summed E-state index contributed by atoms with van der Waals surface area (Å²) < 4.78 is 0. The molecule has 5 heteroatoms. The number of carbonyl (C=O) groups is 2. The maximum Gasteiger partial charge on any atom is 0.279 e. The first-order valence-corrected chi connectivity index (χ1v) is 6.57. The third-order valence-corrected chi connectivity index (χ3v) is 4.00. The van der Waals surface area contributed by atoms with E-state index in [1.807, 2.05) is 24.3 Å². The number of carbonyl (C=O) groups excluding carboxylic acids is 2. The van der Waals surface area contributed by atoms with Gasteiger partial charge in [-0.15, -0.1) is 0 Å². The summed E-state index contributed by atoms with van der Waals surface area (Å²) in [6.45, 7) is 0.717. The van der Waals surface area contributed by atoms with E-state index in [2.05, 4.69) is 5.32 Å². The van der Waals surface area contributed by atoms with E-state index in [4.69, 9.17) is 0 Å². The molecular weight excluding hydrogens is 236 g/mol. The van der Waals surface area contributed by atoms with Gasteiger partial charge in [0.2, 0.25) is 5.91 Å². The van der Waals surface area contributed by atoms with Crippen molar-refractivity contribution in [1.29, 1.82) is 0 Å². The Morgan fingerprint density at radius 1 is 1.41 bits per heavy atom. The van der Waals surface area contributed by atoms with Crippen LogP contribution in [0.5, 0.6) is 0 Å². The van der Waals surface area contributed by atoms with Crippen LogP contribution in [0.3, 0.4) is 0 Å². The van der Waals surface area contributed by atoms with Crippen molar-refractivity contribution in [2.45, 2.75) is 12.5 Å². The fourth-order valence-corrected chi connectivity index (χ4v) is 3.04. The van der Waals surface area contributed by atoms with Crippen molar-refractivity contribution >= 4 is 28.6 Å². The number of anilines is 1. The molecule has 0 aromatic heterocycles. The van der Waals surface area contributed by atoms with Gasteiger partial charge in [0.1, 0.15) is 6.04 Å². The van der Waals surface area contributed by atoms with Crippen molar-refractivity contribution in [2.24, 2.45) is 0 Å². The third kappa shape index (κ3) is 1.80. The molecule has 0 spiro atoms. The second kappa shape index (κ2) is 4.07. The minimum absolute atomic E-state index is 0.00769. The van der Waals surface area contributed by atoms with E-state index in [0.717, 1.165) is 18.7 Å². The highest BCUT2D eigenvalue weighted by molar-refractivity contribution is 8.14. The van der Waals surface area contributed by atoms with E-state index in [0.29, 0.717) is 5.75 Å². The lowest BCUT2D eigenvalue weighted by atomic mass is 10.2. The van der Waals surface area contributed by atoms with Crippen molar-refractivity contribution in [3.8, 4) is 0 Å². The lowest BCUT2D eigenvalue weighted by Gasteiger charge is -2.20. The zero-order valence-electron chi connectivity index (χ0n) is 9.18. The average Bonchev–Trinajstić information content (AvgIpc) is 2.94. The second-order valence-electron chi connectivity index (χ2n) is 4.16. The molecule has 1 aromatic rings. The molecule has 88 valence electrons. The van der Waals surface area contributed by atoms with E-state index in [-0.39, 0.29) is 17.2 Å². The number of benzene rings is 1. The summed E-state index contributed by atoms with van der Waals surface area (Å²) >= 11 is 1.18. The van der Waals surface area contributed by atoms with Crippen molar-refractivity contribution < 1.29 is 9.59 Å². The second-order valence-corrected chi connectivity index (χ2v) is 5.16. The fourth-order valence-electron chi connectivity index (χ4n) is 2.27. The van der Waals surface area contributed by atoms with E-state index in [9.17, 15) is 9.59 Å². The van der Waals surface area contributed by atoms with E-state index in [1.165, 1.54) is 17.3 Å². The van der Waals surface area contributed by atoms with Gasteiger partial charge in [-0.3, -0.25) is 9.59 Å². The summed E-state index contributed by atoms with van der Waals surface area (Å²) in [6.07, 6.45) is 0.899. The number of amides is 2. The number of hydrogen-bond acceptors (Lipinski definition) is 3. The molecule has 17 heavy (non-hydrogen) atoms. The molecule has 1 unspecified atom stereocenters. The van der Waals surface area contributed by atoms with Gasteiger partial charge in [-0.2, -0.15) is 0 Å². The van der Waals surface area contributed by atoms with Gasteiger partial charge in [0.15, 0.2) is 0 Å². The van der Waals surface area contributed by atoms with Gasteiger partial charge in [0, 0.05) is 18.0 Å². The van der Waals surface area contributed by atoms with Crippen molar-refractivity contribution in [2.75, 3.05) is 17.2 Å². The monoisotopic (exact) mass is 248 g/mol. The fraction of sp³-hybridized carbons (Fsp3) is 0.333. The largest absolute Gasteiger partial charge is 0.334 e. The average molecular weight is 248 g/mol. The Hall–Kier alpha value is -1.49. The highest BCUT2D eigenvalue weighted by Gasteiger charge is 2.34. The molecule has 3 rings (SSSR count). The highest BCUT2D eigenvalue weighted by Crippen LogP contribution is 2.29. The molecule has 1 fully saturated rings. The maximum atomic E-state index is 12.3. The van der Waals surface area contributed by atoms with Gasteiger partial charge in [-0.1, -0.05) is 30.0 Å². The maximum absolute atomic E-state index is 12.3. The van der Waals surface area contributed by atoms with E-state index >= 15 is 0 Å². The van der Waals surface area contributed by atoms with Gasteiger partial charge in [0.05, 0.1) is 0 Å². The number of hydrogen-bond donors (Lipinski definition) is 1. The van der Waals surface area contributed by atoms with Crippen molar-refractivity contribution in [3.05, 3.63) is 29.8 Å². The van der Waals surface area contributed by atoms with Crippen LogP contribution < -0.4 is 10.2 Å². The van der Waals surface area contributed by atoms with Gasteiger partial charge in [-0.05, 0) is 18.1 Å². The molecule has 0 aliphatic carbocycles. The standard InChI is InChI=1S/C12H12N2O2S/c15-11(9-7-17-12(16)13-9)14-6-5-8-3-1-2-4-10(8)14/h1-4,9H,5-7H2,(H,13,16). The summed E-state index contributed by atoms with van der Waals surface area (Å²) in [5, 5.41) is 2.59. The van der Waals surface area contributed by atoms with E-state index in [1.54, 1.807) is 4.90 Å². The lowest BCUT2D eigenvalue weighted by molar-refractivity contribution is -0.119. The number of nitrogens with one attached hydrogen (secondary N) is 1. The van der Waals surface area contributed by atoms with Crippen molar-refractivity contribution in [3.63, 3.8) is 0 Å².